The highest BCUT2D eigenvalue weighted by atomic mass is 16.6. The Kier molecular flexibility index (Phi) is 5.61. The van der Waals surface area contributed by atoms with E-state index in [0.717, 1.165) is 16.9 Å². The predicted octanol–water partition coefficient (Wildman–Crippen LogP) is 4.41. The lowest BCUT2D eigenvalue weighted by Crippen LogP contribution is -2.21. The van der Waals surface area contributed by atoms with Crippen LogP contribution in [0.4, 0.5) is 0 Å². The summed E-state index contributed by atoms with van der Waals surface area (Å²) in [5.74, 6) is 1.53. The molecule has 0 bridgehead atoms. The third kappa shape index (κ3) is 4.03. The molecule has 3 aromatic rings. The number of carbonyl (C=O) groups is 1. The topological polar surface area (TPSA) is 108 Å². The zero-order valence-electron chi connectivity index (χ0n) is 18.0. The van der Waals surface area contributed by atoms with Crippen LogP contribution in [0.5, 0.6) is 17.2 Å². The van der Waals surface area contributed by atoms with E-state index in [1.54, 1.807) is 30.3 Å². The molecular weight excluding hydrogens is 408 g/mol. The average Bonchev–Trinajstić information content (AvgIpc) is 3.19. The van der Waals surface area contributed by atoms with Gasteiger partial charge in [-0.15, -0.1) is 0 Å². The van der Waals surface area contributed by atoms with Crippen LogP contribution in [0.15, 0.2) is 64.4 Å². The van der Waals surface area contributed by atoms with Gasteiger partial charge in [-0.25, -0.2) is 4.79 Å². The van der Waals surface area contributed by atoms with Crippen molar-refractivity contribution < 1.29 is 23.4 Å². The number of nitriles is 1. The fraction of sp³-hybridized carbons (Fsp3) is 0.200. The fourth-order valence-electron chi connectivity index (χ4n) is 3.58. The van der Waals surface area contributed by atoms with Crippen LogP contribution < -0.4 is 19.9 Å². The van der Waals surface area contributed by atoms with Crippen LogP contribution in [0.1, 0.15) is 34.1 Å². The molecule has 0 amide bonds. The molecule has 162 valence electrons. The molecule has 0 spiro atoms. The molecule has 1 aromatic heterocycles. The number of rotatable bonds is 5. The van der Waals surface area contributed by atoms with Crippen LogP contribution in [-0.2, 0) is 4.79 Å². The molecule has 1 atom stereocenters. The Bertz CT molecular complexity index is 1270. The van der Waals surface area contributed by atoms with E-state index in [1.165, 1.54) is 0 Å². The molecule has 0 saturated carbocycles. The first-order valence-electron chi connectivity index (χ1n) is 10.0. The van der Waals surface area contributed by atoms with E-state index in [1.807, 2.05) is 39.0 Å². The second-order valence-electron chi connectivity index (χ2n) is 7.53. The van der Waals surface area contributed by atoms with E-state index in [2.05, 4.69) is 6.07 Å². The van der Waals surface area contributed by atoms with Crippen molar-refractivity contribution in [2.24, 2.45) is 5.73 Å². The third-order valence-electron chi connectivity index (χ3n) is 5.37. The lowest BCUT2D eigenvalue weighted by atomic mass is 9.87. The van der Waals surface area contributed by atoms with E-state index < -0.39 is 11.9 Å². The smallest absolute Gasteiger partial charge is 0.349 e. The Morgan fingerprint density at radius 3 is 2.69 bits per heavy atom. The molecule has 4 rings (SSSR count). The minimum Gasteiger partial charge on any atom is -0.482 e. The van der Waals surface area contributed by atoms with E-state index in [-0.39, 0.29) is 23.8 Å². The standard InChI is InChI=1S/C25H22N2O5/c1-14-5-4-6-20(16(14)3)29-13-23(28)31-17-8-9-18-22(11-17)32-25(27)19(12-26)24(18)21-10-7-15(2)30-21/h4-11,24H,13,27H2,1-3H3. The van der Waals surface area contributed by atoms with Gasteiger partial charge >= 0.3 is 5.97 Å². The first-order chi connectivity index (χ1) is 15.4. The van der Waals surface area contributed by atoms with Gasteiger partial charge in [0.05, 0.1) is 5.92 Å². The summed E-state index contributed by atoms with van der Waals surface area (Å²) in [6, 6.07) is 16.3. The van der Waals surface area contributed by atoms with Crippen LogP contribution in [-0.4, -0.2) is 12.6 Å². The lowest BCUT2D eigenvalue weighted by molar-refractivity contribution is -0.136. The number of aryl methyl sites for hydroxylation is 2. The first kappa shape index (κ1) is 21.1. The number of carbonyl (C=O) groups excluding carboxylic acids is 1. The van der Waals surface area contributed by atoms with Crippen LogP contribution in [0.2, 0.25) is 0 Å². The van der Waals surface area contributed by atoms with E-state index in [9.17, 15) is 10.1 Å². The number of esters is 1. The molecular formula is C25H22N2O5. The van der Waals surface area contributed by atoms with Gasteiger partial charge in [0.2, 0.25) is 5.88 Å². The van der Waals surface area contributed by atoms with Crippen molar-refractivity contribution in [2.45, 2.75) is 26.7 Å². The van der Waals surface area contributed by atoms with Gasteiger partial charge < -0.3 is 24.4 Å². The fourth-order valence-corrected chi connectivity index (χ4v) is 3.58. The van der Waals surface area contributed by atoms with Crippen molar-refractivity contribution in [1.82, 2.24) is 0 Å². The van der Waals surface area contributed by atoms with Gasteiger partial charge in [-0.1, -0.05) is 18.2 Å². The summed E-state index contributed by atoms with van der Waals surface area (Å²) in [5.41, 5.74) is 8.99. The van der Waals surface area contributed by atoms with Crippen molar-refractivity contribution in [3.8, 4) is 23.3 Å². The molecule has 2 N–H and O–H groups in total. The van der Waals surface area contributed by atoms with Crippen molar-refractivity contribution in [3.63, 3.8) is 0 Å². The Morgan fingerprint density at radius 1 is 1.16 bits per heavy atom. The maximum absolute atomic E-state index is 12.3. The van der Waals surface area contributed by atoms with Crippen molar-refractivity contribution in [1.29, 1.82) is 5.26 Å². The van der Waals surface area contributed by atoms with Gasteiger partial charge in [0.1, 0.15) is 40.4 Å². The molecule has 1 unspecified atom stereocenters. The molecule has 0 radical (unpaired) electrons. The maximum atomic E-state index is 12.3. The summed E-state index contributed by atoms with van der Waals surface area (Å²) in [6.07, 6.45) is 0. The molecule has 0 fully saturated rings. The third-order valence-corrected chi connectivity index (χ3v) is 5.37. The van der Waals surface area contributed by atoms with Gasteiger partial charge in [0, 0.05) is 11.6 Å². The monoisotopic (exact) mass is 430 g/mol. The normalized spacial score (nSPS) is 14.9. The van der Waals surface area contributed by atoms with Gasteiger partial charge in [-0.2, -0.15) is 5.26 Å². The molecule has 2 heterocycles. The molecule has 1 aliphatic rings. The van der Waals surface area contributed by atoms with Crippen LogP contribution >= 0.6 is 0 Å². The second kappa shape index (κ2) is 8.52. The van der Waals surface area contributed by atoms with Gasteiger partial charge in [0.15, 0.2) is 6.61 Å². The van der Waals surface area contributed by atoms with E-state index >= 15 is 0 Å². The molecule has 7 nitrogen and oxygen atoms in total. The number of hydrogen-bond donors (Lipinski definition) is 1. The number of benzene rings is 2. The highest BCUT2D eigenvalue weighted by Crippen LogP contribution is 2.43. The first-order valence-corrected chi connectivity index (χ1v) is 10.0. The molecule has 1 aliphatic heterocycles. The highest BCUT2D eigenvalue weighted by Gasteiger charge is 2.33. The predicted molar refractivity (Wildman–Crippen MR) is 116 cm³/mol. The zero-order chi connectivity index (χ0) is 22.8. The summed E-state index contributed by atoms with van der Waals surface area (Å²) in [5, 5.41) is 9.60. The zero-order valence-corrected chi connectivity index (χ0v) is 18.0. The Labute approximate surface area is 185 Å². The Morgan fingerprint density at radius 2 is 1.97 bits per heavy atom. The van der Waals surface area contributed by atoms with E-state index in [0.29, 0.717) is 22.8 Å². The van der Waals surface area contributed by atoms with Crippen LogP contribution in [0.25, 0.3) is 0 Å². The number of fused-ring (bicyclic) bond motifs is 1. The van der Waals surface area contributed by atoms with E-state index in [4.69, 9.17) is 24.4 Å². The summed E-state index contributed by atoms with van der Waals surface area (Å²) in [6.45, 7) is 5.49. The number of nitrogens with two attached hydrogens (primary N) is 1. The Balaban J connectivity index is 1.53. The molecule has 32 heavy (non-hydrogen) atoms. The highest BCUT2D eigenvalue weighted by molar-refractivity contribution is 5.74. The van der Waals surface area contributed by atoms with Crippen LogP contribution in [0, 0.1) is 32.1 Å². The summed E-state index contributed by atoms with van der Waals surface area (Å²) < 4.78 is 22.4. The largest absolute Gasteiger partial charge is 0.482 e. The molecule has 0 saturated heterocycles. The van der Waals surface area contributed by atoms with Gasteiger partial charge in [0.25, 0.3) is 0 Å². The quantitative estimate of drug-likeness (QED) is 0.472. The van der Waals surface area contributed by atoms with Crippen molar-refractivity contribution >= 4 is 5.97 Å². The SMILES string of the molecule is Cc1ccc(C2C(C#N)=C(N)Oc3cc(OC(=O)COc4cccc(C)c4C)ccc32)o1. The lowest BCUT2D eigenvalue weighted by Gasteiger charge is -2.25. The minimum absolute atomic E-state index is 0.0132. The maximum Gasteiger partial charge on any atom is 0.349 e. The molecule has 7 heteroatoms. The second-order valence-corrected chi connectivity index (χ2v) is 7.53. The number of furan rings is 1. The Hall–Kier alpha value is -4.18. The van der Waals surface area contributed by atoms with Gasteiger partial charge in [-0.3, -0.25) is 0 Å². The molecule has 0 aliphatic carbocycles. The summed E-state index contributed by atoms with van der Waals surface area (Å²) in [7, 11) is 0. The number of ether oxygens (including phenoxy) is 3. The van der Waals surface area contributed by atoms with Gasteiger partial charge in [-0.05, 0) is 56.2 Å². The summed E-state index contributed by atoms with van der Waals surface area (Å²) >= 11 is 0. The number of allylic oxidation sites excluding steroid dienone is 1. The number of hydrogen-bond acceptors (Lipinski definition) is 7. The molecule has 2 aromatic carbocycles. The summed E-state index contributed by atoms with van der Waals surface area (Å²) in [4.78, 5) is 12.3. The minimum atomic E-state index is -0.555. The van der Waals surface area contributed by atoms with Crippen molar-refractivity contribution in [2.75, 3.05) is 6.61 Å². The average molecular weight is 430 g/mol. The van der Waals surface area contributed by atoms with Crippen molar-refractivity contribution in [3.05, 3.63) is 88.2 Å². The van der Waals surface area contributed by atoms with Crippen LogP contribution in [0.3, 0.4) is 0 Å². The number of nitrogens with zero attached hydrogens (tertiary/aromatic N) is 1.